The van der Waals surface area contributed by atoms with Gasteiger partial charge in [0.05, 0.1) is 16.9 Å². The Labute approximate surface area is 153 Å². The van der Waals surface area contributed by atoms with Crippen LogP contribution in [0.25, 0.3) is 0 Å². The van der Waals surface area contributed by atoms with Gasteiger partial charge in [-0.25, -0.2) is 12.7 Å². The van der Waals surface area contributed by atoms with Gasteiger partial charge in [-0.1, -0.05) is 12.1 Å². The molecule has 0 radical (unpaired) electrons. The van der Waals surface area contributed by atoms with Crippen molar-refractivity contribution in [2.75, 3.05) is 31.9 Å². The monoisotopic (exact) mass is 387 g/mol. The number of hydrogen-bond acceptors (Lipinski definition) is 5. The van der Waals surface area contributed by atoms with Crippen molar-refractivity contribution in [1.29, 1.82) is 0 Å². The third kappa shape index (κ3) is 3.87. The van der Waals surface area contributed by atoms with Gasteiger partial charge in [0.1, 0.15) is 0 Å². The number of carbonyl (C=O) groups excluding carboxylic acids is 2. The number of nitrogens with zero attached hydrogens (tertiary/aromatic N) is 2. The van der Waals surface area contributed by atoms with Crippen molar-refractivity contribution < 1.29 is 18.0 Å². The number of halogens is 1. The lowest BCUT2D eigenvalue weighted by Gasteiger charge is -2.18. The summed E-state index contributed by atoms with van der Waals surface area (Å²) in [5.74, 6) is -0.553. The van der Waals surface area contributed by atoms with Crippen LogP contribution in [0.4, 0.5) is 0 Å². The molecule has 2 aliphatic heterocycles. The van der Waals surface area contributed by atoms with E-state index >= 15 is 0 Å². The van der Waals surface area contributed by atoms with Crippen LogP contribution in [0.5, 0.6) is 0 Å². The second-order valence-electron chi connectivity index (χ2n) is 6.23. The first-order valence-corrected chi connectivity index (χ1v) is 9.68. The molecular weight excluding hydrogens is 366 g/mol. The van der Waals surface area contributed by atoms with E-state index in [0.717, 1.165) is 11.3 Å². The summed E-state index contributed by atoms with van der Waals surface area (Å²) in [7, 11) is -3.37. The largest absolute Gasteiger partial charge is 0.330 e. The van der Waals surface area contributed by atoms with E-state index in [9.17, 15) is 18.0 Å². The molecule has 2 heterocycles. The summed E-state index contributed by atoms with van der Waals surface area (Å²) in [5, 5.41) is 0. The van der Waals surface area contributed by atoms with E-state index < -0.39 is 10.0 Å². The van der Waals surface area contributed by atoms with Crippen LogP contribution < -0.4 is 5.73 Å². The first-order chi connectivity index (χ1) is 11.4. The van der Waals surface area contributed by atoms with Gasteiger partial charge in [-0.2, -0.15) is 0 Å². The quantitative estimate of drug-likeness (QED) is 0.724. The Morgan fingerprint density at radius 3 is 2.24 bits per heavy atom. The van der Waals surface area contributed by atoms with Crippen molar-refractivity contribution in [2.24, 2.45) is 11.7 Å². The fourth-order valence-electron chi connectivity index (χ4n) is 3.22. The van der Waals surface area contributed by atoms with Crippen LogP contribution in [0.15, 0.2) is 24.3 Å². The number of fused-ring (bicyclic) bond motifs is 1. The summed E-state index contributed by atoms with van der Waals surface area (Å²) in [6.45, 7) is 1.56. The predicted octanol–water partition coefficient (Wildman–Crippen LogP) is 0.705. The Balaban J connectivity index is 0.00000225. The van der Waals surface area contributed by atoms with Gasteiger partial charge >= 0.3 is 0 Å². The van der Waals surface area contributed by atoms with Gasteiger partial charge in [-0.05, 0) is 37.4 Å². The van der Waals surface area contributed by atoms with Gasteiger partial charge in [0, 0.05) is 19.6 Å². The van der Waals surface area contributed by atoms with E-state index in [-0.39, 0.29) is 48.9 Å². The molecule has 1 fully saturated rings. The number of benzene rings is 1. The Morgan fingerprint density at radius 1 is 1.12 bits per heavy atom. The molecule has 0 aliphatic carbocycles. The van der Waals surface area contributed by atoms with Crippen LogP contribution in [-0.2, 0) is 10.0 Å². The number of hydrogen-bond donors (Lipinski definition) is 1. The van der Waals surface area contributed by atoms with E-state index in [4.69, 9.17) is 5.73 Å². The summed E-state index contributed by atoms with van der Waals surface area (Å²) in [6, 6.07) is 6.64. The molecule has 0 saturated carbocycles. The van der Waals surface area contributed by atoms with Crippen LogP contribution in [0.2, 0.25) is 0 Å². The average Bonchev–Trinajstić information content (AvgIpc) is 3.15. The summed E-state index contributed by atoms with van der Waals surface area (Å²) in [5.41, 5.74) is 6.36. The van der Waals surface area contributed by atoms with Crippen molar-refractivity contribution in [3.8, 4) is 0 Å². The highest BCUT2D eigenvalue weighted by Crippen LogP contribution is 2.23. The van der Waals surface area contributed by atoms with Gasteiger partial charge in [-0.3, -0.25) is 14.5 Å². The number of carbonyl (C=O) groups is 2. The third-order valence-electron chi connectivity index (χ3n) is 4.64. The lowest BCUT2D eigenvalue weighted by atomic mass is 10.1. The highest BCUT2D eigenvalue weighted by Gasteiger charge is 2.35. The number of imide groups is 1. The van der Waals surface area contributed by atoms with Crippen LogP contribution in [0.1, 0.15) is 33.6 Å². The lowest BCUT2D eigenvalue weighted by molar-refractivity contribution is 0.0654. The number of amides is 2. The average molecular weight is 388 g/mol. The second-order valence-corrected chi connectivity index (χ2v) is 8.31. The zero-order chi connectivity index (χ0) is 17.3. The molecule has 1 atom stereocenters. The molecule has 9 heteroatoms. The molecule has 0 bridgehead atoms. The van der Waals surface area contributed by atoms with Crippen LogP contribution in [0.3, 0.4) is 0 Å². The standard InChI is InChI=1S/C16H21N3O4S.ClH/c17-10-12-6-8-18(11-12)24(22,23)9-3-7-19-15(20)13-4-1-2-5-14(13)16(19)21;/h1-2,4-5,12H,3,6-11,17H2;1H. The van der Waals surface area contributed by atoms with E-state index in [0.29, 0.717) is 30.8 Å². The normalized spacial score (nSPS) is 20.7. The molecule has 1 unspecified atom stereocenters. The van der Waals surface area contributed by atoms with Gasteiger partial charge in [0.2, 0.25) is 10.0 Å². The molecule has 2 N–H and O–H groups in total. The highest BCUT2D eigenvalue weighted by molar-refractivity contribution is 7.89. The van der Waals surface area contributed by atoms with Gasteiger partial charge in [0.15, 0.2) is 0 Å². The first kappa shape index (κ1) is 19.8. The molecule has 7 nitrogen and oxygen atoms in total. The lowest BCUT2D eigenvalue weighted by Crippen LogP contribution is -2.35. The zero-order valence-electron chi connectivity index (χ0n) is 13.8. The van der Waals surface area contributed by atoms with Crippen LogP contribution in [0, 0.1) is 5.92 Å². The van der Waals surface area contributed by atoms with Gasteiger partial charge < -0.3 is 5.73 Å². The highest BCUT2D eigenvalue weighted by atomic mass is 35.5. The zero-order valence-corrected chi connectivity index (χ0v) is 15.4. The Hall–Kier alpha value is -1.48. The molecule has 25 heavy (non-hydrogen) atoms. The topological polar surface area (TPSA) is 101 Å². The Kier molecular flexibility index (Phi) is 6.21. The summed E-state index contributed by atoms with van der Waals surface area (Å²) >= 11 is 0. The summed E-state index contributed by atoms with van der Waals surface area (Å²) in [4.78, 5) is 25.6. The van der Waals surface area contributed by atoms with E-state index in [1.54, 1.807) is 24.3 Å². The van der Waals surface area contributed by atoms with E-state index in [2.05, 4.69) is 0 Å². The molecule has 138 valence electrons. The van der Waals surface area contributed by atoms with Crippen LogP contribution >= 0.6 is 12.4 Å². The molecule has 0 spiro atoms. The maximum absolute atomic E-state index is 12.3. The smallest absolute Gasteiger partial charge is 0.261 e. The molecule has 1 saturated heterocycles. The first-order valence-electron chi connectivity index (χ1n) is 8.07. The molecular formula is C16H22ClN3O4S. The Bertz CT molecular complexity index is 733. The SMILES string of the molecule is Cl.NCC1CCN(S(=O)(=O)CCCN2C(=O)c3ccccc3C2=O)C1. The maximum atomic E-state index is 12.3. The van der Waals surface area contributed by atoms with Crippen molar-refractivity contribution >= 4 is 34.2 Å². The fraction of sp³-hybridized carbons (Fsp3) is 0.500. The van der Waals surface area contributed by atoms with E-state index in [1.165, 1.54) is 4.31 Å². The number of rotatable bonds is 6. The number of sulfonamides is 1. The minimum absolute atomic E-state index is 0. The van der Waals surface area contributed by atoms with Gasteiger partial charge in [-0.15, -0.1) is 12.4 Å². The third-order valence-corrected chi connectivity index (χ3v) is 6.56. The van der Waals surface area contributed by atoms with Crippen molar-refractivity contribution in [3.63, 3.8) is 0 Å². The Morgan fingerprint density at radius 2 is 1.72 bits per heavy atom. The molecule has 1 aromatic carbocycles. The van der Waals surface area contributed by atoms with E-state index in [1.807, 2.05) is 0 Å². The molecule has 3 rings (SSSR count). The molecule has 1 aromatic rings. The molecule has 0 aromatic heterocycles. The minimum atomic E-state index is -3.37. The summed E-state index contributed by atoms with van der Waals surface area (Å²) in [6.07, 6.45) is 1.02. The molecule has 2 aliphatic rings. The van der Waals surface area contributed by atoms with Crippen molar-refractivity contribution in [2.45, 2.75) is 12.8 Å². The molecule has 2 amide bonds. The second kappa shape index (κ2) is 7.82. The van der Waals surface area contributed by atoms with Crippen molar-refractivity contribution in [1.82, 2.24) is 9.21 Å². The summed E-state index contributed by atoms with van der Waals surface area (Å²) < 4.78 is 26.2. The number of nitrogens with two attached hydrogens (primary N) is 1. The van der Waals surface area contributed by atoms with Crippen molar-refractivity contribution in [3.05, 3.63) is 35.4 Å². The predicted molar refractivity (Wildman–Crippen MR) is 96.2 cm³/mol. The minimum Gasteiger partial charge on any atom is -0.330 e. The fourth-order valence-corrected chi connectivity index (χ4v) is 4.79. The van der Waals surface area contributed by atoms with Crippen LogP contribution in [-0.4, -0.2) is 61.4 Å². The van der Waals surface area contributed by atoms with Gasteiger partial charge in [0.25, 0.3) is 11.8 Å². The maximum Gasteiger partial charge on any atom is 0.261 e.